The van der Waals surface area contributed by atoms with E-state index in [0.717, 1.165) is 38.6 Å². The second-order valence-electron chi connectivity index (χ2n) is 13.6. The molecule has 10 aromatic rings. The molecule has 9 aromatic carbocycles. The van der Waals surface area contributed by atoms with E-state index in [0.29, 0.717) is 17.5 Å². The molecule has 10 rings (SSSR count). The van der Waals surface area contributed by atoms with Crippen molar-refractivity contribution in [2.75, 3.05) is 0 Å². The van der Waals surface area contributed by atoms with Crippen LogP contribution in [-0.2, 0) is 0 Å². The average Bonchev–Trinajstić information content (AvgIpc) is 3.26. The van der Waals surface area contributed by atoms with Crippen LogP contribution >= 0.6 is 0 Å². The molecule has 1 aromatic heterocycles. The van der Waals surface area contributed by atoms with Crippen LogP contribution in [0.1, 0.15) is 0 Å². The monoisotopic (exact) mass is 687 g/mol. The van der Waals surface area contributed by atoms with Crippen LogP contribution in [0, 0.1) is 0 Å². The zero-order valence-electron chi connectivity index (χ0n) is 29.4. The van der Waals surface area contributed by atoms with Crippen LogP contribution in [0.15, 0.2) is 200 Å². The Hall–Kier alpha value is -7.23. The van der Waals surface area contributed by atoms with Gasteiger partial charge in [-0.1, -0.05) is 182 Å². The van der Waals surface area contributed by atoms with Gasteiger partial charge in [-0.15, -0.1) is 0 Å². The number of aromatic nitrogens is 3. The lowest BCUT2D eigenvalue weighted by Crippen LogP contribution is -2.01. The van der Waals surface area contributed by atoms with Gasteiger partial charge in [0.05, 0.1) is 0 Å². The van der Waals surface area contributed by atoms with Crippen molar-refractivity contribution < 1.29 is 0 Å². The minimum atomic E-state index is 0.634. The van der Waals surface area contributed by atoms with Crippen molar-refractivity contribution in [3.05, 3.63) is 200 Å². The molecule has 0 bridgehead atoms. The molecule has 0 aliphatic carbocycles. The highest BCUT2D eigenvalue weighted by Gasteiger charge is 2.18. The molecule has 252 valence electrons. The van der Waals surface area contributed by atoms with Gasteiger partial charge in [-0.05, 0) is 83.9 Å². The van der Waals surface area contributed by atoms with Crippen LogP contribution in [0.4, 0.5) is 0 Å². The highest BCUT2D eigenvalue weighted by molar-refractivity contribution is 6.06. The summed E-state index contributed by atoms with van der Waals surface area (Å²) in [5.41, 5.74) is 9.80. The normalized spacial score (nSPS) is 11.3. The van der Waals surface area contributed by atoms with Gasteiger partial charge in [0.1, 0.15) is 0 Å². The van der Waals surface area contributed by atoms with Crippen LogP contribution in [-0.4, -0.2) is 15.0 Å². The maximum Gasteiger partial charge on any atom is 0.164 e. The van der Waals surface area contributed by atoms with Gasteiger partial charge >= 0.3 is 0 Å². The molecule has 0 radical (unpaired) electrons. The van der Waals surface area contributed by atoms with Crippen LogP contribution in [0.25, 0.3) is 99.9 Å². The lowest BCUT2D eigenvalue weighted by molar-refractivity contribution is 1.08. The minimum absolute atomic E-state index is 0.634. The van der Waals surface area contributed by atoms with Crippen molar-refractivity contribution >= 4 is 32.3 Å². The van der Waals surface area contributed by atoms with Gasteiger partial charge in [-0.25, -0.2) is 15.0 Å². The number of hydrogen-bond acceptors (Lipinski definition) is 3. The first-order valence-corrected chi connectivity index (χ1v) is 18.3. The summed E-state index contributed by atoms with van der Waals surface area (Å²) < 4.78 is 0. The molecule has 0 aliphatic heterocycles. The van der Waals surface area contributed by atoms with Crippen LogP contribution in [0.3, 0.4) is 0 Å². The molecule has 54 heavy (non-hydrogen) atoms. The molecule has 0 fully saturated rings. The molecule has 0 spiro atoms. The maximum absolute atomic E-state index is 5.25. The summed E-state index contributed by atoms with van der Waals surface area (Å²) in [5, 5.41) is 7.07. The van der Waals surface area contributed by atoms with E-state index in [-0.39, 0.29) is 0 Å². The van der Waals surface area contributed by atoms with E-state index in [1.807, 2.05) is 24.3 Å². The zero-order chi connectivity index (χ0) is 35.8. The molecule has 0 N–H and O–H groups in total. The molecule has 0 saturated heterocycles. The highest BCUT2D eigenvalue weighted by atomic mass is 15.0. The Balaban J connectivity index is 1.21. The van der Waals surface area contributed by atoms with Crippen LogP contribution < -0.4 is 0 Å². The predicted octanol–water partition coefficient (Wildman–Crippen LogP) is 13.3. The molecular weight excluding hydrogens is 655 g/mol. The van der Waals surface area contributed by atoms with E-state index < -0.39 is 0 Å². The largest absolute Gasteiger partial charge is 0.208 e. The third-order valence-electron chi connectivity index (χ3n) is 10.3. The molecule has 3 heteroatoms. The van der Waals surface area contributed by atoms with Gasteiger partial charge in [0, 0.05) is 16.7 Å². The zero-order valence-corrected chi connectivity index (χ0v) is 29.4. The standard InChI is InChI=1S/C51H33N3/c1-3-13-34(14-4-1)35-25-27-39(28-26-35)50-52-49(38-17-5-2-6-18-38)53-51(54-50)48-33-42(46-24-12-20-37-16-8-10-22-44(37)46)32-41-31-40(29-30-47(41)48)45-23-11-19-36-15-7-9-21-43(36)45/h1-33H. The first-order chi connectivity index (χ1) is 26.7. The fraction of sp³-hybridized carbons (Fsp3) is 0. The van der Waals surface area contributed by atoms with Crippen molar-refractivity contribution in [2.24, 2.45) is 0 Å². The van der Waals surface area contributed by atoms with Gasteiger partial charge in [0.25, 0.3) is 0 Å². The van der Waals surface area contributed by atoms with Gasteiger partial charge in [-0.3, -0.25) is 0 Å². The van der Waals surface area contributed by atoms with E-state index in [9.17, 15) is 0 Å². The minimum Gasteiger partial charge on any atom is -0.208 e. The number of benzene rings is 9. The van der Waals surface area contributed by atoms with Crippen molar-refractivity contribution in [1.29, 1.82) is 0 Å². The van der Waals surface area contributed by atoms with Crippen molar-refractivity contribution in [3.8, 4) is 67.5 Å². The Bertz CT molecular complexity index is 2960. The quantitative estimate of drug-likeness (QED) is 0.175. The summed E-state index contributed by atoms with van der Waals surface area (Å²) in [7, 11) is 0. The number of rotatable bonds is 6. The Kier molecular flexibility index (Phi) is 7.81. The smallest absolute Gasteiger partial charge is 0.164 e. The van der Waals surface area contributed by atoms with Crippen LogP contribution in [0.5, 0.6) is 0 Å². The van der Waals surface area contributed by atoms with E-state index in [2.05, 4.69) is 176 Å². The third kappa shape index (κ3) is 5.78. The molecule has 0 amide bonds. The highest BCUT2D eigenvalue weighted by Crippen LogP contribution is 2.39. The van der Waals surface area contributed by atoms with Crippen molar-refractivity contribution in [3.63, 3.8) is 0 Å². The molecule has 0 unspecified atom stereocenters. The van der Waals surface area contributed by atoms with Gasteiger partial charge in [-0.2, -0.15) is 0 Å². The van der Waals surface area contributed by atoms with E-state index >= 15 is 0 Å². The van der Waals surface area contributed by atoms with E-state index in [4.69, 9.17) is 15.0 Å². The van der Waals surface area contributed by atoms with Crippen LogP contribution in [0.2, 0.25) is 0 Å². The number of fused-ring (bicyclic) bond motifs is 3. The summed E-state index contributed by atoms with van der Waals surface area (Å²) in [6.07, 6.45) is 0. The van der Waals surface area contributed by atoms with Gasteiger partial charge in [0.2, 0.25) is 0 Å². The fourth-order valence-corrected chi connectivity index (χ4v) is 7.62. The van der Waals surface area contributed by atoms with E-state index in [1.54, 1.807) is 0 Å². The number of nitrogens with zero attached hydrogens (tertiary/aromatic N) is 3. The predicted molar refractivity (Wildman–Crippen MR) is 225 cm³/mol. The Labute approximate surface area is 313 Å². The lowest BCUT2D eigenvalue weighted by atomic mass is 9.91. The molecule has 1 heterocycles. The first-order valence-electron chi connectivity index (χ1n) is 18.3. The molecule has 0 saturated carbocycles. The summed E-state index contributed by atoms with van der Waals surface area (Å²) in [6, 6.07) is 70.7. The Morgan fingerprint density at radius 3 is 1.30 bits per heavy atom. The molecular formula is C51H33N3. The Morgan fingerprint density at radius 2 is 0.648 bits per heavy atom. The average molecular weight is 688 g/mol. The van der Waals surface area contributed by atoms with E-state index in [1.165, 1.54) is 43.8 Å². The fourth-order valence-electron chi connectivity index (χ4n) is 7.62. The van der Waals surface area contributed by atoms with Crippen molar-refractivity contribution in [1.82, 2.24) is 15.0 Å². The van der Waals surface area contributed by atoms with Gasteiger partial charge in [0.15, 0.2) is 17.5 Å². The second-order valence-corrected chi connectivity index (χ2v) is 13.6. The second kappa shape index (κ2) is 13.4. The first kappa shape index (κ1) is 31.5. The molecule has 0 aliphatic rings. The SMILES string of the molecule is c1ccc(-c2ccc(-c3nc(-c4ccccc4)nc(-c4cc(-c5cccc6ccccc56)cc5cc(-c6cccc7ccccc67)ccc45)n3)cc2)cc1. The lowest BCUT2D eigenvalue weighted by Gasteiger charge is -2.15. The Morgan fingerprint density at radius 1 is 0.222 bits per heavy atom. The maximum atomic E-state index is 5.25. The summed E-state index contributed by atoms with van der Waals surface area (Å²) in [5.74, 6) is 1.91. The number of hydrogen-bond donors (Lipinski definition) is 0. The summed E-state index contributed by atoms with van der Waals surface area (Å²) >= 11 is 0. The van der Waals surface area contributed by atoms with Crippen molar-refractivity contribution in [2.45, 2.75) is 0 Å². The molecule has 3 nitrogen and oxygen atoms in total. The van der Waals surface area contributed by atoms with Gasteiger partial charge < -0.3 is 0 Å². The summed E-state index contributed by atoms with van der Waals surface area (Å²) in [4.78, 5) is 15.5. The topological polar surface area (TPSA) is 38.7 Å². The summed E-state index contributed by atoms with van der Waals surface area (Å²) in [6.45, 7) is 0. The molecule has 0 atom stereocenters. The third-order valence-corrected chi connectivity index (χ3v) is 10.3.